The molecule has 1 aliphatic heterocycles. The lowest BCUT2D eigenvalue weighted by molar-refractivity contribution is 0.0718. The van der Waals surface area contributed by atoms with Gasteiger partial charge >= 0.3 is 12.1 Å². The molecule has 24 heavy (non-hydrogen) atoms. The van der Waals surface area contributed by atoms with Crippen molar-refractivity contribution in [3.8, 4) is 0 Å². The number of hydrogen-bond donors (Lipinski definition) is 0. The fraction of sp³-hybridized carbons (Fsp3) is 0.556. The summed E-state index contributed by atoms with van der Waals surface area (Å²) in [6.07, 6.45) is 1.29. The lowest BCUT2D eigenvalue weighted by Gasteiger charge is -2.38. The number of likely N-dealkylation sites (tertiary alicyclic amines) is 1. The summed E-state index contributed by atoms with van der Waals surface area (Å²) in [5, 5.41) is 0. The second kappa shape index (κ2) is 8.57. The first kappa shape index (κ1) is 18.1. The fourth-order valence-electron chi connectivity index (χ4n) is 2.98. The van der Waals surface area contributed by atoms with Gasteiger partial charge < -0.3 is 19.4 Å². The van der Waals surface area contributed by atoms with Gasteiger partial charge in [0.05, 0.1) is 0 Å². The second-order valence-corrected chi connectivity index (χ2v) is 6.22. The number of carbonyl (C=O) groups is 2. The molecule has 0 aromatic heterocycles. The van der Waals surface area contributed by atoms with Crippen molar-refractivity contribution in [1.82, 2.24) is 14.7 Å². The van der Waals surface area contributed by atoms with Crippen LogP contribution in [0.3, 0.4) is 0 Å². The summed E-state index contributed by atoms with van der Waals surface area (Å²) in [7, 11) is 3.53. The molecule has 1 heterocycles. The molecule has 1 aliphatic rings. The number of urea groups is 1. The Bertz CT molecular complexity index is 540. The van der Waals surface area contributed by atoms with E-state index in [1.165, 1.54) is 0 Å². The number of piperidine rings is 1. The third-order valence-corrected chi connectivity index (χ3v) is 4.34. The quantitative estimate of drug-likeness (QED) is 0.851. The zero-order chi connectivity index (χ0) is 17.5. The minimum Gasteiger partial charge on any atom is -0.445 e. The minimum atomic E-state index is -0.278. The van der Waals surface area contributed by atoms with Crippen LogP contribution >= 0.6 is 0 Å². The third kappa shape index (κ3) is 4.63. The van der Waals surface area contributed by atoms with Crippen LogP contribution in [-0.4, -0.2) is 66.6 Å². The number of ether oxygens (including phenoxy) is 1. The Balaban J connectivity index is 1.81. The molecule has 0 radical (unpaired) electrons. The Morgan fingerprint density at radius 3 is 2.33 bits per heavy atom. The van der Waals surface area contributed by atoms with Crippen LogP contribution in [0.2, 0.25) is 0 Å². The predicted octanol–water partition coefficient (Wildman–Crippen LogP) is 2.79. The Morgan fingerprint density at radius 1 is 1.17 bits per heavy atom. The molecule has 3 amide bonds. The second-order valence-electron chi connectivity index (χ2n) is 6.22. The van der Waals surface area contributed by atoms with Crippen molar-refractivity contribution < 1.29 is 14.3 Å². The van der Waals surface area contributed by atoms with Crippen molar-refractivity contribution in [3.05, 3.63) is 35.9 Å². The zero-order valence-electron chi connectivity index (χ0n) is 14.8. The molecule has 6 nitrogen and oxygen atoms in total. The van der Waals surface area contributed by atoms with Crippen LogP contribution in [-0.2, 0) is 11.3 Å². The van der Waals surface area contributed by atoms with Crippen LogP contribution in [0.5, 0.6) is 0 Å². The van der Waals surface area contributed by atoms with Crippen molar-refractivity contribution in [3.63, 3.8) is 0 Å². The number of amides is 3. The molecular formula is C18H27N3O3. The summed E-state index contributed by atoms with van der Waals surface area (Å²) in [5.41, 5.74) is 0.981. The maximum atomic E-state index is 12.2. The Labute approximate surface area is 144 Å². The predicted molar refractivity (Wildman–Crippen MR) is 92.7 cm³/mol. The van der Waals surface area contributed by atoms with Crippen LogP contribution in [0, 0.1) is 0 Å². The molecule has 132 valence electrons. The van der Waals surface area contributed by atoms with Crippen LogP contribution < -0.4 is 0 Å². The molecule has 1 aromatic carbocycles. The highest BCUT2D eigenvalue weighted by atomic mass is 16.6. The first-order chi connectivity index (χ1) is 11.5. The van der Waals surface area contributed by atoms with Crippen molar-refractivity contribution in [2.24, 2.45) is 0 Å². The van der Waals surface area contributed by atoms with Crippen molar-refractivity contribution >= 4 is 12.1 Å². The zero-order valence-corrected chi connectivity index (χ0v) is 14.8. The van der Waals surface area contributed by atoms with Gasteiger partial charge in [0.15, 0.2) is 0 Å². The van der Waals surface area contributed by atoms with E-state index in [9.17, 15) is 9.59 Å². The molecule has 0 unspecified atom stereocenters. The number of hydrogen-bond acceptors (Lipinski definition) is 3. The van der Waals surface area contributed by atoms with Crippen LogP contribution in [0.25, 0.3) is 0 Å². The molecule has 0 N–H and O–H groups in total. The Kier molecular flexibility index (Phi) is 6.46. The van der Waals surface area contributed by atoms with Crippen molar-refractivity contribution in [2.45, 2.75) is 32.4 Å². The van der Waals surface area contributed by atoms with Gasteiger partial charge in [0, 0.05) is 39.8 Å². The summed E-state index contributed by atoms with van der Waals surface area (Å²) in [5.74, 6) is 0. The smallest absolute Gasteiger partial charge is 0.410 e. The van der Waals surface area contributed by atoms with Gasteiger partial charge in [0.25, 0.3) is 0 Å². The molecule has 1 aromatic rings. The van der Waals surface area contributed by atoms with Crippen molar-refractivity contribution in [2.75, 3.05) is 33.7 Å². The number of nitrogens with zero attached hydrogens (tertiary/aromatic N) is 3. The number of rotatable bonds is 4. The lowest BCUT2D eigenvalue weighted by Crippen LogP contribution is -2.51. The SMILES string of the molecule is CCN(C(=O)N(C)C)C1CCN(C(=O)OCc2ccccc2)CC1. The van der Waals surface area contributed by atoms with E-state index in [0.717, 1.165) is 18.4 Å². The topological polar surface area (TPSA) is 53.1 Å². The maximum Gasteiger partial charge on any atom is 0.410 e. The largest absolute Gasteiger partial charge is 0.445 e. The van der Waals surface area contributed by atoms with E-state index < -0.39 is 0 Å². The van der Waals surface area contributed by atoms with E-state index in [0.29, 0.717) is 26.2 Å². The summed E-state index contributed by atoms with van der Waals surface area (Å²) in [6, 6.07) is 9.87. The highest BCUT2D eigenvalue weighted by Gasteiger charge is 2.29. The van der Waals surface area contributed by atoms with Gasteiger partial charge in [0.1, 0.15) is 6.61 Å². The third-order valence-electron chi connectivity index (χ3n) is 4.34. The number of benzene rings is 1. The molecule has 2 rings (SSSR count). The lowest BCUT2D eigenvalue weighted by atomic mass is 10.0. The van der Waals surface area contributed by atoms with E-state index >= 15 is 0 Å². The highest BCUT2D eigenvalue weighted by Crippen LogP contribution is 2.18. The first-order valence-corrected chi connectivity index (χ1v) is 8.46. The standard InChI is InChI=1S/C18H27N3O3/c1-4-21(17(22)19(2)3)16-10-12-20(13-11-16)18(23)24-14-15-8-6-5-7-9-15/h5-9,16H,4,10-14H2,1-3H3. The van der Waals surface area contributed by atoms with Gasteiger partial charge in [-0.3, -0.25) is 0 Å². The van der Waals surface area contributed by atoms with Gasteiger partial charge in [-0.2, -0.15) is 0 Å². The molecular weight excluding hydrogens is 306 g/mol. The molecule has 0 aliphatic carbocycles. The molecule has 1 fully saturated rings. The van der Waals surface area contributed by atoms with E-state index in [2.05, 4.69) is 0 Å². The first-order valence-electron chi connectivity index (χ1n) is 8.46. The van der Waals surface area contributed by atoms with Gasteiger partial charge in [-0.25, -0.2) is 9.59 Å². The molecule has 0 spiro atoms. The highest BCUT2D eigenvalue weighted by molar-refractivity contribution is 5.74. The molecule has 0 atom stereocenters. The summed E-state index contributed by atoms with van der Waals surface area (Å²) in [6.45, 7) is 4.20. The van der Waals surface area contributed by atoms with Crippen LogP contribution in [0.1, 0.15) is 25.3 Å². The average Bonchev–Trinajstić information content (AvgIpc) is 2.61. The minimum absolute atomic E-state index is 0.0302. The van der Waals surface area contributed by atoms with Crippen molar-refractivity contribution in [1.29, 1.82) is 0 Å². The van der Waals surface area contributed by atoms with Crippen LogP contribution in [0.15, 0.2) is 30.3 Å². The summed E-state index contributed by atoms with van der Waals surface area (Å²) in [4.78, 5) is 29.6. The molecule has 0 bridgehead atoms. The van der Waals surface area contributed by atoms with E-state index in [1.807, 2.05) is 42.2 Å². The molecule has 6 heteroatoms. The van der Waals surface area contributed by atoms with Gasteiger partial charge in [-0.1, -0.05) is 30.3 Å². The van der Waals surface area contributed by atoms with Gasteiger partial charge in [0.2, 0.25) is 0 Å². The van der Waals surface area contributed by atoms with Gasteiger partial charge in [-0.15, -0.1) is 0 Å². The van der Waals surface area contributed by atoms with E-state index in [4.69, 9.17) is 4.74 Å². The average molecular weight is 333 g/mol. The normalized spacial score (nSPS) is 15.0. The van der Waals surface area contributed by atoms with Crippen LogP contribution in [0.4, 0.5) is 9.59 Å². The Hall–Kier alpha value is -2.24. The van der Waals surface area contributed by atoms with Gasteiger partial charge in [-0.05, 0) is 25.3 Å². The van der Waals surface area contributed by atoms with E-state index in [1.54, 1.807) is 23.9 Å². The molecule has 1 saturated heterocycles. The number of carbonyl (C=O) groups excluding carboxylic acids is 2. The Morgan fingerprint density at radius 2 is 1.79 bits per heavy atom. The van der Waals surface area contributed by atoms with E-state index in [-0.39, 0.29) is 18.2 Å². The monoisotopic (exact) mass is 333 g/mol. The fourth-order valence-corrected chi connectivity index (χ4v) is 2.98. The maximum absolute atomic E-state index is 12.2. The summed E-state index contributed by atoms with van der Waals surface area (Å²) >= 11 is 0. The molecule has 0 saturated carbocycles. The summed E-state index contributed by atoms with van der Waals surface area (Å²) < 4.78 is 5.37.